The monoisotopic (exact) mass is 683 g/mol. The Hall–Kier alpha value is -4.41. The first kappa shape index (κ1) is 35.9. The molecule has 264 valence electrons. The van der Waals surface area contributed by atoms with Gasteiger partial charge in [-0.2, -0.15) is 0 Å². The maximum Gasteiger partial charge on any atom is 0.242 e. The minimum Gasteiger partial charge on any atom is -0.507 e. The number of ketones is 3. The van der Waals surface area contributed by atoms with Gasteiger partial charge in [-0.3, -0.25) is 24.0 Å². The molecule has 5 unspecified atom stereocenters. The summed E-state index contributed by atoms with van der Waals surface area (Å²) in [7, 11) is 0. The number of hydrogen-bond donors (Lipinski definition) is 8. The minimum atomic E-state index is -2.13. The quantitative estimate of drug-likeness (QED) is 0.142. The third kappa shape index (κ3) is 6.51. The summed E-state index contributed by atoms with van der Waals surface area (Å²) < 4.78 is 12.1. The zero-order valence-corrected chi connectivity index (χ0v) is 27.5. The number of Topliss-reactive ketones (excluding diaryl/α,β-unsaturated/α-hetero) is 1. The summed E-state index contributed by atoms with van der Waals surface area (Å²) >= 11 is 0. The van der Waals surface area contributed by atoms with Gasteiger partial charge in [0.1, 0.15) is 35.0 Å². The first-order valence-electron chi connectivity index (χ1n) is 16.0. The number of ether oxygens (including phenoxy) is 2. The number of nitrogens with one attached hydrogen (secondary N) is 2. The topological polar surface area (TPSA) is 255 Å². The van der Waals surface area contributed by atoms with E-state index in [1.165, 1.54) is 25.1 Å². The highest BCUT2D eigenvalue weighted by Crippen LogP contribution is 2.52. The number of carbonyl (C=O) groups excluding carboxylic acids is 5. The number of nitrogens with two attached hydrogens (primary N) is 1. The summed E-state index contributed by atoms with van der Waals surface area (Å²) in [6.45, 7) is 6.05. The van der Waals surface area contributed by atoms with Gasteiger partial charge in [0, 0.05) is 36.0 Å². The number of phenols is 3. The van der Waals surface area contributed by atoms with Crippen LogP contribution in [-0.2, 0) is 30.3 Å². The molecule has 7 atom stereocenters. The number of aliphatic hydroxyl groups excluding tert-OH is 1. The predicted molar refractivity (Wildman–Crippen MR) is 170 cm³/mol. The molecule has 1 aliphatic heterocycles. The van der Waals surface area contributed by atoms with Gasteiger partial charge >= 0.3 is 0 Å². The molecule has 2 amide bonds. The van der Waals surface area contributed by atoms with Gasteiger partial charge in [-0.05, 0) is 32.3 Å². The van der Waals surface area contributed by atoms with Crippen molar-refractivity contribution in [3.8, 4) is 17.2 Å². The van der Waals surface area contributed by atoms with Crippen LogP contribution in [0.15, 0.2) is 18.2 Å². The van der Waals surface area contributed by atoms with E-state index in [-0.39, 0.29) is 47.6 Å². The number of fused-ring (bicyclic) bond motifs is 3. The molecule has 1 heterocycles. The van der Waals surface area contributed by atoms with Crippen LogP contribution in [0.5, 0.6) is 17.2 Å². The number of phenolic OH excluding ortho intramolecular Hbond substituents is 3. The van der Waals surface area contributed by atoms with Crippen LogP contribution in [0, 0.1) is 5.92 Å². The summed E-state index contributed by atoms with van der Waals surface area (Å²) in [5.41, 5.74) is 1.23. The lowest BCUT2D eigenvalue weighted by Crippen LogP contribution is -2.59. The SMILES string of the molecule is CC(=O)[C@]1(O)Cc2c(O)c3c(c(O)c2[C@@H](OC2CC(NC(=O)C(CC(C)C)NC(=O)CN)C(O)C(C)O2)C1)C(=O)c1c(O)cccc1C3=O. The maximum absolute atomic E-state index is 13.6. The Morgan fingerprint density at radius 2 is 1.76 bits per heavy atom. The third-order valence-corrected chi connectivity index (χ3v) is 9.42. The Morgan fingerprint density at radius 1 is 1.08 bits per heavy atom. The fourth-order valence-corrected chi connectivity index (χ4v) is 6.85. The summed E-state index contributed by atoms with van der Waals surface area (Å²) in [6.07, 6.45) is -5.67. The molecular formula is C34H41N3O12. The van der Waals surface area contributed by atoms with Crippen molar-refractivity contribution >= 4 is 29.2 Å². The van der Waals surface area contributed by atoms with Gasteiger partial charge in [0.25, 0.3) is 0 Å². The van der Waals surface area contributed by atoms with Crippen LogP contribution in [-0.4, -0.2) is 97.4 Å². The van der Waals surface area contributed by atoms with E-state index < -0.39 is 113 Å². The number of rotatable bonds is 9. The van der Waals surface area contributed by atoms with Crippen LogP contribution >= 0.6 is 0 Å². The molecule has 9 N–H and O–H groups in total. The van der Waals surface area contributed by atoms with E-state index in [1.54, 1.807) is 0 Å². The minimum absolute atomic E-state index is 0.0179. The molecule has 0 aromatic heterocycles. The van der Waals surface area contributed by atoms with Gasteiger partial charge in [-0.15, -0.1) is 0 Å². The zero-order chi connectivity index (χ0) is 36.1. The highest BCUT2D eigenvalue weighted by atomic mass is 16.7. The van der Waals surface area contributed by atoms with Gasteiger partial charge < -0.3 is 51.4 Å². The summed E-state index contributed by atoms with van der Waals surface area (Å²) in [6, 6.07) is 1.91. The van der Waals surface area contributed by atoms with Gasteiger partial charge in [0.15, 0.2) is 17.9 Å². The smallest absolute Gasteiger partial charge is 0.242 e. The number of aromatic hydroxyl groups is 3. The summed E-state index contributed by atoms with van der Waals surface area (Å²) in [4.78, 5) is 65.2. The van der Waals surface area contributed by atoms with Gasteiger partial charge in [-0.1, -0.05) is 26.0 Å². The van der Waals surface area contributed by atoms with Crippen LogP contribution in [0.4, 0.5) is 0 Å². The molecule has 15 heteroatoms. The molecule has 0 bridgehead atoms. The van der Waals surface area contributed by atoms with Crippen molar-refractivity contribution in [2.75, 3.05) is 6.54 Å². The van der Waals surface area contributed by atoms with Crippen LogP contribution in [0.3, 0.4) is 0 Å². The van der Waals surface area contributed by atoms with Crippen molar-refractivity contribution in [3.63, 3.8) is 0 Å². The normalized spacial score (nSPS) is 26.7. The molecule has 1 fully saturated rings. The number of carbonyl (C=O) groups is 5. The molecule has 2 aromatic rings. The molecule has 49 heavy (non-hydrogen) atoms. The van der Waals surface area contributed by atoms with Crippen molar-refractivity contribution < 1.29 is 59.0 Å². The van der Waals surface area contributed by atoms with Crippen molar-refractivity contribution in [2.24, 2.45) is 11.7 Å². The highest BCUT2D eigenvalue weighted by molar-refractivity contribution is 6.31. The second-order valence-corrected chi connectivity index (χ2v) is 13.4. The fourth-order valence-electron chi connectivity index (χ4n) is 6.85. The average molecular weight is 684 g/mol. The molecule has 2 aliphatic carbocycles. The molecule has 1 saturated heterocycles. The maximum atomic E-state index is 13.6. The van der Waals surface area contributed by atoms with Crippen molar-refractivity contribution in [2.45, 2.75) is 95.7 Å². The molecule has 3 aliphatic rings. The van der Waals surface area contributed by atoms with Gasteiger partial charge in [0.05, 0.1) is 41.5 Å². The molecule has 0 spiro atoms. The third-order valence-electron chi connectivity index (χ3n) is 9.42. The first-order valence-corrected chi connectivity index (χ1v) is 16.0. The molecule has 5 rings (SSSR count). The number of hydrogen-bond acceptors (Lipinski definition) is 13. The largest absolute Gasteiger partial charge is 0.507 e. The Labute approximate surface area is 281 Å². The van der Waals surface area contributed by atoms with Crippen LogP contribution in [0.25, 0.3) is 0 Å². The van der Waals surface area contributed by atoms with E-state index in [0.717, 1.165) is 6.92 Å². The van der Waals surface area contributed by atoms with Crippen LogP contribution in [0.2, 0.25) is 0 Å². The van der Waals surface area contributed by atoms with Gasteiger partial charge in [-0.25, -0.2) is 0 Å². The lowest BCUT2D eigenvalue weighted by Gasteiger charge is -2.43. The fraction of sp³-hybridized carbons (Fsp3) is 0.500. The Balaban J connectivity index is 1.51. The number of amides is 2. The lowest BCUT2D eigenvalue weighted by atomic mass is 9.72. The van der Waals surface area contributed by atoms with Crippen LogP contribution < -0.4 is 16.4 Å². The predicted octanol–water partition coefficient (Wildman–Crippen LogP) is 0.373. The van der Waals surface area contributed by atoms with Crippen molar-refractivity contribution in [1.29, 1.82) is 0 Å². The molecule has 15 nitrogen and oxygen atoms in total. The van der Waals surface area contributed by atoms with E-state index in [0.29, 0.717) is 0 Å². The first-order chi connectivity index (χ1) is 23.0. The van der Waals surface area contributed by atoms with Crippen molar-refractivity contribution in [1.82, 2.24) is 10.6 Å². The second-order valence-electron chi connectivity index (χ2n) is 13.4. The summed E-state index contributed by atoms with van der Waals surface area (Å²) in [5.74, 6) is -5.59. The number of aliphatic hydroxyl groups is 2. The highest BCUT2D eigenvalue weighted by Gasteiger charge is 2.49. The lowest BCUT2D eigenvalue weighted by molar-refractivity contribution is -0.249. The van der Waals surface area contributed by atoms with E-state index in [1.807, 2.05) is 13.8 Å². The van der Waals surface area contributed by atoms with Crippen molar-refractivity contribution in [3.05, 3.63) is 51.6 Å². The Kier molecular flexibility index (Phi) is 9.87. The van der Waals surface area contributed by atoms with E-state index in [2.05, 4.69) is 10.6 Å². The standard InChI is InChI=1S/C34H41N3O12/c1-13(2)8-19(36-22(40)12-35)33(46)37-18-9-23(48-14(3)28(18)41)49-21-11-34(47,15(4)38)10-17-25(21)32(45)27-26(30(17)43)29(42)16-6-5-7-20(39)24(16)31(27)44/h5-7,13-14,18-19,21,23,28,39,41,43,45,47H,8-12,35H2,1-4H3,(H,36,40)(H,37,46)/t14?,18?,19?,21-,23?,28?,34-/m0/s1. The Morgan fingerprint density at radius 3 is 2.39 bits per heavy atom. The molecule has 2 aromatic carbocycles. The van der Waals surface area contributed by atoms with E-state index in [4.69, 9.17) is 15.2 Å². The molecule has 0 radical (unpaired) electrons. The Bertz CT molecular complexity index is 1720. The number of benzene rings is 2. The second kappa shape index (κ2) is 13.5. The summed E-state index contributed by atoms with van der Waals surface area (Å²) in [5, 5.41) is 61.2. The molecule has 0 saturated carbocycles. The van der Waals surface area contributed by atoms with Gasteiger partial charge in [0.2, 0.25) is 17.6 Å². The zero-order valence-electron chi connectivity index (χ0n) is 27.5. The molecular weight excluding hydrogens is 642 g/mol. The van der Waals surface area contributed by atoms with E-state index in [9.17, 15) is 49.5 Å². The van der Waals surface area contributed by atoms with Crippen LogP contribution in [0.1, 0.15) is 96.0 Å². The van der Waals surface area contributed by atoms with E-state index >= 15 is 0 Å². The average Bonchev–Trinajstić information content (AvgIpc) is 3.02.